The number of carbonyl (C=O) groups is 2. The molecule has 1 aliphatic heterocycles. The monoisotopic (exact) mass is 329 g/mol. The third kappa shape index (κ3) is 3.21. The maximum absolute atomic E-state index is 12.9. The summed E-state index contributed by atoms with van der Waals surface area (Å²) in [5.74, 6) is -0.519. The standard InChI is InChI=1S/C17H16FN3O3/c1-24-13-8-4-10(5-9-13)14-15(17(23)21-20-14)19-16(22)11-2-6-12(18)7-3-11/h2-9,14-15,20H,1H3,(H,19,22)(H,21,23)/t14-,15-/m1/s1. The molecule has 0 aliphatic carbocycles. The van der Waals surface area contributed by atoms with Crippen LogP contribution in [0.3, 0.4) is 0 Å². The average Bonchev–Trinajstić information content (AvgIpc) is 2.96. The molecule has 2 atom stereocenters. The van der Waals surface area contributed by atoms with Gasteiger partial charge in [-0.05, 0) is 42.0 Å². The minimum atomic E-state index is -0.782. The Labute approximate surface area is 138 Å². The molecule has 24 heavy (non-hydrogen) atoms. The van der Waals surface area contributed by atoms with E-state index in [0.29, 0.717) is 5.75 Å². The van der Waals surface area contributed by atoms with E-state index in [4.69, 9.17) is 4.74 Å². The molecule has 6 nitrogen and oxygen atoms in total. The van der Waals surface area contributed by atoms with Gasteiger partial charge >= 0.3 is 0 Å². The van der Waals surface area contributed by atoms with Gasteiger partial charge in [-0.15, -0.1) is 0 Å². The number of rotatable bonds is 4. The van der Waals surface area contributed by atoms with Crippen LogP contribution in [0.15, 0.2) is 48.5 Å². The molecule has 2 aromatic rings. The van der Waals surface area contributed by atoms with E-state index in [-0.39, 0.29) is 11.5 Å². The number of hydrogen-bond donors (Lipinski definition) is 3. The SMILES string of the molecule is COc1ccc([C@H]2NNC(=O)[C@@H]2NC(=O)c2ccc(F)cc2)cc1. The van der Waals surface area contributed by atoms with Gasteiger partial charge in [0.1, 0.15) is 17.6 Å². The van der Waals surface area contributed by atoms with Crippen molar-refractivity contribution < 1.29 is 18.7 Å². The molecule has 1 saturated heterocycles. The molecule has 0 bridgehead atoms. The largest absolute Gasteiger partial charge is 0.497 e. The second-order valence-electron chi connectivity index (χ2n) is 5.34. The number of hydrazine groups is 1. The zero-order valence-electron chi connectivity index (χ0n) is 12.9. The van der Waals surface area contributed by atoms with Crippen LogP contribution in [0, 0.1) is 5.82 Å². The van der Waals surface area contributed by atoms with Crippen LogP contribution in [0.1, 0.15) is 22.0 Å². The van der Waals surface area contributed by atoms with Crippen molar-refractivity contribution in [1.82, 2.24) is 16.2 Å². The van der Waals surface area contributed by atoms with Gasteiger partial charge in [0.25, 0.3) is 11.8 Å². The van der Waals surface area contributed by atoms with Crippen LogP contribution in [0.2, 0.25) is 0 Å². The second kappa shape index (κ2) is 6.67. The van der Waals surface area contributed by atoms with E-state index in [0.717, 1.165) is 5.56 Å². The summed E-state index contributed by atoms with van der Waals surface area (Å²) < 4.78 is 18.1. The third-order valence-corrected chi connectivity index (χ3v) is 3.83. The summed E-state index contributed by atoms with van der Waals surface area (Å²) in [7, 11) is 1.57. The second-order valence-corrected chi connectivity index (χ2v) is 5.34. The lowest BCUT2D eigenvalue weighted by atomic mass is 10.00. The molecule has 124 valence electrons. The van der Waals surface area contributed by atoms with Crippen molar-refractivity contribution in [2.24, 2.45) is 0 Å². The molecule has 3 N–H and O–H groups in total. The minimum Gasteiger partial charge on any atom is -0.497 e. The number of halogens is 1. The quantitative estimate of drug-likeness (QED) is 0.790. The lowest BCUT2D eigenvalue weighted by molar-refractivity contribution is -0.121. The Kier molecular flexibility index (Phi) is 4.43. The molecule has 0 aromatic heterocycles. The van der Waals surface area contributed by atoms with Gasteiger partial charge in [-0.1, -0.05) is 12.1 Å². The number of methoxy groups -OCH3 is 1. The lowest BCUT2D eigenvalue weighted by Gasteiger charge is -2.18. The predicted octanol–water partition coefficient (Wildman–Crippen LogP) is 1.31. The summed E-state index contributed by atoms with van der Waals surface area (Å²) in [6, 6.07) is 11.1. The molecule has 0 unspecified atom stereocenters. The fourth-order valence-electron chi connectivity index (χ4n) is 2.52. The Morgan fingerprint density at radius 1 is 1.12 bits per heavy atom. The summed E-state index contributed by atoms with van der Waals surface area (Å²) in [4.78, 5) is 24.3. The molecule has 3 rings (SSSR count). The van der Waals surface area contributed by atoms with Gasteiger partial charge in [-0.2, -0.15) is 0 Å². The Hall–Kier alpha value is -2.93. The first-order chi connectivity index (χ1) is 11.6. The van der Waals surface area contributed by atoms with Gasteiger partial charge in [0.05, 0.1) is 13.2 Å². The van der Waals surface area contributed by atoms with Crippen LogP contribution in [-0.4, -0.2) is 25.0 Å². The summed E-state index contributed by atoms with van der Waals surface area (Å²) >= 11 is 0. The van der Waals surface area contributed by atoms with Crippen LogP contribution in [0.4, 0.5) is 4.39 Å². The van der Waals surface area contributed by atoms with E-state index in [2.05, 4.69) is 16.2 Å². The average molecular weight is 329 g/mol. The van der Waals surface area contributed by atoms with Crippen LogP contribution in [-0.2, 0) is 4.79 Å². The summed E-state index contributed by atoms with van der Waals surface area (Å²) in [6.07, 6.45) is 0. The molecule has 1 heterocycles. The first-order valence-electron chi connectivity index (χ1n) is 7.34. The molecule has 0 saturated carbocycles. The van der Waals surface area contributed by atoms with E-state index in [9.17, 15) is 14.0 Å². The van der Waals surface area contributed by atoms with Crippen molar-refractivity contribution in [3.05, 3.63) is 65.5 Å². The highest BCUT2D eigenvalue weighted by Gasteiger charge is 2.36. The molecule has 0 spiro atoms. The molecule has 7 heteroatoms. The van der Waals surface area contributed by atoms with Crippen LogP contribution in [0.25, 0.3) is 0 Å². The first-order valence-corrected chi connectivity index (χ1v) is 7.34. The molecule has 1 fully saturated rings. The van der Waals surface area contributed by atoms with E-state index in [1.165, 1.54) is 24.3 Å². The number of amides is 2. The fraction of sp³-hybridized carbons (Fsp3) is 0.176. The van der Waals surface area contributed by atoms with Gasteiger partial charge in [0.2, 0.25) is 0 Å². The summed E-state index contributed by atoms with van der Waals surface area (Å²) in [6.45, 7) is 0. The molecule has 1 aliphatic rings. The maximum atomic E-state index is 12.9. The Bertz CT molecular complexity index is 747. The van der Waals surface area contributed by atoms with Crippen LogP contribution < -0.4 is 20.9 Å². The zero-order chi connectivity index (χ0) is 17.1. The maximum Gasteiger partial charge on any atom is 0.258 e. The Morgan fingerprint density at radius 2 is 1.79 bits per heavy atom. The highest BCUT2D eigenvalue weighted by molar-refractivity contribution is 5.98. The number of hydrogen-bond acceptors (Lipinski definition) is 4. The predicted molar refractivity (Wildman–Crippen MR) is 84.7 cm³/mol. The van der Waals surface area contributed by atoms with Gasteiger partial charge in [-0.3, -0.25) is 15.0 Å². The minimum absolute atomic E-state index is 0.282. The van der Waals surface area contributed by atoms with E-state index < -0.39 is 23.8 Å². The topological polar surface area (TPSA) is 79.5 Å². The van der Waals surface area contributed by atoms with E-state index in [1.807, 2.05) is 12.1 Å². The molecular weight excluding hydrogens is 313 g/mol. The highest BCUT2D eigenvalue weighted by atomic mass is 19.1. The number of benzene rings is 2. The molecular formula is C17H16FN3O3. The van der Waals surface area contributed by atoms with Crippen LogP contribution in [0.5, 0.6) is 5.75 Å². The first kappa shape index (κ1) is 15.9. The van der Waals surface area contributed by atoms with Gasteiger partial charge in [-0.25, -0.2) is 9.82 Å². The van der Waals surface area contributed by atoms with Crippen molar-refractivity contribution >= 4 is 11.8 Å². The van der Waals surface area contributed by atoms with Gasteiger partial charge in [0, 0.05) is 5.56 Å². The van der Waals surface area contributed by atoms with Gasteiger partial charge < -0.3 is 10.1 Å². The lowest BCUT2D eigenvalue weighted by Crippen LogP contribution is -2.42. The number of nitrogens with one attached hydrogen (secondary N) is 3. The smallest absolute Gasteiger partial charge is 0.258 e. The number of carbonyl (C=O) groups excluding carboxylic acids is 2. The van der Waals surface area contributed by atoms with Crippen molar-refractivity contribution in [3.63, 3.8) is 0 Å². The van der Waals surface area contributed by atoms with Gasteiger partial charge in [0.15, 0.2) is 0 Å². The normalized spacial score (nSPS) is 19.7. The third-order valence-electron chi connectivity index (χ3n) is 3.83. The Morgan fingerprint density at radius 3 is 2.42 bits per heavy atom. The molecule has 0 radical (unpaired) electrons. The summed E-state index contributed by atoms with van der Waals surface area (Å²) in [5, 5.41) is 2.67. The van der Waals surface area contributed by atoms with Crippen LogP contribution >= 0.6 is 0 Å². The van der Waals surface area contributed by atoms with E-state index in [1.54, 1.807) is 19.2 Å². The van der Waals surface area contributed by atoms with Crippen molar-refractivity contribution in [1.29, 1.82) is 0 Å². The Balaban J connectivity index is 1.77. The zero-order valence-corrected chi connectivity index (χ0v) is 12.9. The highest BCUT2D eigenvalue weighted by Crippen LogP contribution is 2.23. The summed E-state index contributed by atoms with van der Waals surface area (Å²) in [5.41, 5.74) is 6.48. The number of ether oxygens (including phenoxy) is 1. The fourth-order valence-corrected chi connectivity index (χ4v) is 2.52. The van der Waals surface area contributed by atoms with Crippen molar-refractivity contribution in [2.75, 3.05) is 7.11 Å². The van der Waals surface area contributed by atoms with Crippen molar-refractivity contribution in [2.45, 2.75) is 12.1 Å². The molecule has 2 amide bonds. The van der Waals surface area contributed by atoms with Crippen molar-refractivity contribution in [3.8, 4) is 5.75 Å². The molecule has 2 aromatic carbocycles. The van der Waals surface area contributed by atoms with E-state index >= 15 is 0 Å².